The summed E-state index contributed by atoms with van der Waals surface area (Å²) in [5.74, 6) is -0.105. The molecule has 0 bridgehead atoms. The molecule has 0 radical (unpaired) electrons. The van der Waals surface area contributed by atoms with Gasteiger partial charge in [-0.25, -0.2) is 0 Å². The fraction of sp³-hybridized carbons (Fsp3) is 0.450. The maximum atomic E-state index is 12.5. The molecule has 0 spiro atoms. The van der Waals surface area contributed by atoms with Gasteiger partial charge in [0.25, 0.3) is 5.91 Å². The third kappa shape index (κ3) is 2.92. The van der Waals surface area contributed by atoms with Crippen molar-refractivity contribution in [3.05, 3.63) is 41.5 Å². The summed E-state index contributed by atoms with van der Waals surface area (Å²) >= 11 is 0. The molecule has 2 unspecified atom stereocenters. The molecular weight excluding hydrogens is 302 g/mol. The second-order valence-corrected chi connectivity index (χ2v) is 6.71. The molecule has 0 aromatic heterocycles. The maximum absolute atomic E-state index is 12.5. The van der Waals surface area contributed by atoms with Gasteiger partial charge >= 0.3 is 0 Å². The van der Waals surface area contributed by atoms with E-state index in [1.807, 2.05) is 6.07 Å². The summed E-state index contributed by atoms with van der Waals surface area (Å²) in [4.78, 5) is 12.5. The van der Waals surface area contributed by atoms with E-state index in [0.717, 1.165) is 43.4 Å². The Morgan fingerprint density at radius 1 is 1.29 bits per heavy atom. The second-order valence-electron chi connectivity index (χ2n) is 6.71. The zero-order chi connectivity index (χ0) is 16.5. The Balaban J connectivity index is 1.47. The van der Waals surface area contributed by atoms with Crippen LogP contribution in [-0.2, 0) is 27.1 Å². The second kappa shape index (κ2) is 6.54. The Morgan fingerprint density at radius 2 is 2.12 bits per heavy atom. The van der Waals surface area contributed by atoms with Gasteiger partial charge in [-0.1, -0.05) is 24.3 Å². The van der Waals surface area contributed by atoms with E-state index in [-0.39, 0.29) is 12.0 Å². The standard InChI is InChI=1S/C20H23NO3/c1-13(24-12-16-5-3-11-23-16)20(22)21-18-10-9-15-8-7-14-4-2-6-17(18)19(14)15/h2,4,6,9-10,13,16H,3,5,7-8,11-12H2,1H3,(H,21,22). The van der Waals surface area contributed by atoms with E-state index < -0.39 is 6.10 Å². The number of hydrogen-bond acceptors (Lipinski definition) is 3. The summed E-state index contributed by atoms with van der Waals surface area (Å²) in [6.45, 7) is 3.08. The fourth-order valence-electron chi connectivity index (χ4n) is 3.69. The van der Waals surface area contributed by atoms with Crippen molar-refractivity contribution in [3.63, 3.8) is 0 Å². The van der Waals surface area contributed by atoms with Crippen molar-refractivity contribution in [2.24, 2.45) is 0 Å². The lowest BCUT2D eigenvalue weighted by Crippen LogP contribution is -2.30. The Kier molecular flexibility index (Phi) is 4.25. The van der Waals surface area contributed by atoms with Crippen LogP contribution in [0, 0.1) is 0 Å². The third-order valence-corrected chi connectivity index (χ3v) is 5.06. The highest BCUT2D eigenvalue weighted by atomic mass is 16.5. The Labute approximate surface area is 142 Å². The molecule has 2 aromatic carbocycles. The zero-order valence-corrected chi connectivity index (χ0v) is 14.0. The monoisotopic (exact) mass is 325 g/mol. The first-order valence-electron chi connectivity index (χ1n) is 8.80. The van der Waals surface area contributed by atoms with Crippen LogP contribution in [-0.4, -0.2) is 31.3 Å². The van der Waals surface area contributed by atoms with Crippen molar-refractivity contribution >= 4 is 22.4 Å². The predicted octanol–water partition coefficient (Wildman–Crippen LogP) is 3.46. The minimum atomic E-state index is -0.489. The third-order valence-electron chi connectivity index (χ3n) is 5.06. The van der Waals surface area contributed by atoms with Gasteiger partial charge in [0.05, 0.1) is 12.7 Å². The smallest absolute Gasteiger partial charge is 0.253 e. The van der Waals surface area contributed by atoms with E-state index in [0.29, 0.717) is 6.61 Å². The summed E-state index contributed by atoms with van der Waals surface area (Å²) in [5, 5.41) is 5.47. The van der Waals surface area contributed by atoms with Crippen LogP contribution in [0.25, 0.3) is 10.8 Å². The molecule has 1 aliphatic heterocycles. The van der Waals surface area contributed by atoms with Crippen LogP contribution in [0.3, 0.4) is 0 Å². The van der Waals surface area contributed by atoms with Gasteiger partial charge < -0.3 is 14.8 Å². The number of hydrogen-bond donors (Lipinski definition) is 1. The van der Waals surface area contributed by atoms with Crippen LogP contribution in [0.4, 0.5) is 5.69 Å². The molecule has 0 saturated carbocycles. The van der Waals surface area contributed by atoms with Gasteiger partial charge in [-0.3, -0.25) is 4.79 Å². The average Bonchev–Trinajstić information content (AvgIpc) is 3.26. The van der Waals surface area contributed by atoms with E-state index in [1.165, 1.54) is 16.5 Å². The number of aryl methyl sites for hydroxylation is 2. The molecule has 1 fully saturated rings. The molecule has 4 nitrogen and oxygen atoms in total. The number of benzene rings is 2. The fourth-order valence-corrected chi connectivity index (χ4v) is 3.69. The summed E-state index contributed by atoms with van der Waals surface area (Å²) in [6.07, 6.45) is 3.92. The van der Waals surface area contributed by atoms with Crippen molar-refractivity contribution in [1.29, 1.82) is 0 Å². The molecule has 4 heteroatoms. The van der Waals surface area contributed by atoms with E-state index in [4.69, 9.17) is 9.47 Å². The van der Waals surface area contributed by atoms with Gasteiger partial charge in [0.15, 0.2) is 0 Å². The maximum Gasteiger partial charge on any atom is 0.253 e. The van der Waals surface area contributed by atoms with Crippen molar-refractivity contribution in [3.8, 4) is 0 Å². The summed E-state index contributed by atoms with van der Waals surface area (Å²) in [6, 6.07) is 10.5. The largest absolute Gasteiger partial charge is 0.376 e. The lowest BCUT2D eigenvalue weighted by Gasteiger charge is -2.17. The minimum Gasteiger partial charge on any atom is -0.376 e. The van der Waals surface area contributed by atoms with Crippen molar-refractivity contribution in [1.82, 2.24) is 0 Å². The molecule has 2 aromatic rings. The molecule has 1 saturated heterocycles. The molecule has 126 valence electrons. The van der Waals surface area contributed by atoms with Gasteiger partial charge in [0, 0.05) is 17.7 Å². The van der Waals surface area contributed by atoms with E-state index in [1.54, 1.807) is 6.92 Å². The SMILES string of the molecule is CC(OCC1CCCO1)C(=O)Nc1ccc2c3c(cccc13)CC2. The summed E-state index contributed by atoms with van der Waals surface area (Å²) in [5.41, 5.74) is 3.62. The topological polar surface area (TPSA) is 47.6 Å². The van der Waals surface area contributed by atoms with Gasteiger partial charge in [-0.15, -0.1) is 0 Å². The van der Waals surface area contributed by atoms with E-state index in [9.17, 15) is 4.79 Å². The summed E-state index contributed by atoms with van der Waals surface area (Å²) in [7, 11) is 0. The number of carbonyl (C=O) groups is 1. The molecule has 2 atom stereocenters. The molecule has 1 N–H and O–H groups in total. The highest BCUT2D eigenvalue weighted by molar-refractivity contribution is 6.05. The van der Waals surface area contributed by atoms with Crippen LogP contribution in [0.2, 0.25) is 0 Å². The zero-order valence-electron chi connectivity index (χ0n) is 14.0. The van der Waals surface area contributed by atoms with E-state index >= 15 is 0 Å². The first kappa shape index (κ1) is 15.6. The number of nitrogens with one attached hydrogen (secondary N) is 1. The van der Waals surface area contributed by atoms with Crippen LogP contribution >= 0.6 is 0 Å². The van der Waals surface area contributed by atoms with Crippen LogP contribution in [0.5, 0.6) is 0 Å². The molecule has 4 rings (SSSR count). The summed E-state index contributed by atoms with van der Waals surface area (Å²) < 4.78 is 11.2. The Morgan fingerprint density at radius 3 is 2.92 bits per heavy atom. The first-order valence-corrected chi connectivity index (χ1v) is 8.80. The molecular formula is C20H23NO3. The molecule has 1 heterocycles. The number of amides is 1. The average molecular weight is 325 g/mol. The lowest BCUT2D eigenvalue weighted by molar-refractivity contribution is -0.128. The molecule has 1 amide bonds. The normalized spacial score (nSPS) is 20.5. The molecule has 2 aliphatic rings. The van der Waals surface area contributed by atoms with Crippen LogP contribution < -0.4 is 5.32 Å². The van der Waals surface area contributed by atoms with Crippen molar-refractivity contribution in [2.75, 3.05) is 18.5 Å². The van der Waals surface area contributed by atoms with Gasteiger partial charge in [0.2, 0.25) is 0 Å². The Bertz CT molecular complexity index is 755. The van der Waals surface area contributed by atoms with Crippen molar-refractivity contribution < 1.29 is 14.3 Å². The molecule has 1 aliphatic carbocycles. The van der Waals surface area contributed by atoms with Crippen LogP contribution in [0.1, 0.15) is 30.9 Å². The highest BCUT2D eigenvalue weighted by Gasteiger charge is 2.21. The van der Waals surface area contributed by atoms with Crippen molar-refractivity contribution in [2.45, 2.75) is 44.8 Å². The van der Waals surface area contributed by atoms with Gasteiger partial charge in [-0.2, -0.15) is 0 Å². The predicted molar refractivity (Wildman–Crippen MR) is 94.4 cm³/mol. The highest BCUT2D eigenvalue weighted by Crippen LogP contribution is 2.35. The number of carbonyl (C=O) groups excluding carboxylic acids is 1. The van der Waals surface area contributed by atoms with Gasteiger partial charge in [0.1, 0.15) is 6.10 Å². The first-order chi connectivity index (χ1) is 11.7. The number of ether oxygens (including phenoxy) is 2. The lowest BCUT2D eigenvalue weighted by atomic mass is 10.0. The minimum absolute atomic E-state index is 0.105. The Hall–Kier alpha value is -1.91. The van der Waals surface area contributed by atoms with E-state index in [2.05, 4.69) is 29.6 Å². The quantitative estimate of drug-likeness (QED) is 0.916. The number of anilines is 1. The van der Waals surface area contributed by atoms with Crippen LogP contribution in [0.15, 0.2) is 30.3 Å². The molecule has 24 heavy (non-hydrogen) atoms. The van der Waals surface area contributed by atoms with Gasteiger partial charge in [-0.05, 0) is 55.2 Å². The number of rotatable bonds is 5.